The number of anilines is 1. The number of aliphatic imine (C=N–C) groups is 1. The highest BCUT2D eigenvalue weighted by Gasteiger charge is 2.40. The van der Waals surface area contributed by atoms with Crippen LogP contribution in [0.3, 0.4) is 0 Å². The molecule has 0 radical (unpaired) electrons. The summed E-state index contributed by atoms with van der Waals surface area (Å²) in [5.41, 5.74) is 6.44. The maximum Gasteiger partial charge on any atom is 0.382 e. The van der Waals surface area contributed by atoms with Crippen molar-refractivity contribution in [2.45, 2.75) is 37.5 Å². The van der Waals surface area contributed by atoms with Gasteiger partial charge in [0.05, 0.1) is 5.69 Å². The fraction of sp³-hybridized carbons (Fsp3) is 0.375. The minimum Gasteiger partial charge on any atom is -0.423 e. The smallest absolute Gasteiger partial charge is 0.382 e. The molecule has 3 N–H and O–H groups in total. The number of rotatable bonds is 3. The predicted molar refractivity (Wildman–Crippen MR) is 93.9 cm³/mol. The summed E-state index contributed by atoms with van der Waals surface area (Å²) in [4.78, 5) is 24.4. The zero-order valence-electron chi connectivity index (χ0n) is 14.0. The standard InChI is InChI=1S/C16H18FN5O2S/c1-15(2)8-16(3,22-14(18)25-15)11-6-9(4-5-19-11)20-12(23)10-7-24-13(17)21-10/h4-7H,8H2,1-3H3,(H2,18,22)(H,19,20,23)/t16-/m0/s1. The highest BCUT2D eigenvalue weighted by molar-refractivity contribution is 8.15. The molecule has 0 saturated carbocycles. The lowest BCUT2D eigenvalue weighted by Crippen LogP contribution is -2.38. The molecule has 1 aliphatic rings. The number of nitrogens with zero attached hydrogens (tertiary/aromatic N) is 3. The summed E-state index contributed by atoms with van der Waals surface area (Å²) in [7, 11) is 0. The SMILES string of the molecule is CC1(C)C[C@@](C)(c2cc(NC(=O)c3coc(F)n3)ccn2)N=C(N)S1. The number of oxazole rings is 1. The van der Waals surface area contributed by atoms with Crippen LogP contribution < -0.4 is 11.1 Å². The Bertz CT molecular complexity index is 851. The third-order valence-corrected chi connectivity index (χ3v) is 4.78. The molecule has 9 heteroatoms. The predicted octanol–water partition coefficient (Wildman–Crippen LogP) is 2.91. The van der Waals surface area contributed by atoms with Crippen LogP contribution in [-0.4, -0.2) is 25.8 Å². The van der Waals surface area contributed by atoms with Gasteiger partial charge in [0.1, 0.15) is 11.8 Å². The van der Waals surface area contributed by atoms with Crippen molar-refractivity contribution in [3.8, 4) is 0 Å². The average Bonchev–Trinajstić information content (AvgIpc) is 2.92. The van der Waals surface area contributed by atoms with E-state index in [9.17, 15) is 9.18 Å². The lowest BCUT2D eigenvalue weighted by molar-refractivity contribution is 0.102. The van der Waals surface area contributed by atoms with Gasteiger partial charge < -0.3 is 15.5 Å². The molecule has 3 rings (SSSR count). The number of pyridine rings is 1. The van der Waals surface area contributed by atoms with Gasteiger partial charge in [-0.15, -0.1) is 4.39 Å². The van der Waals surface area contributed by atoms with Crippen molar-refractivity contribution in [2.24, 2.45) is 10.7 Å². The van der Waals surface area contributed by atoms with Crippen LogP contribution in [-0.2, 0) is 5.54 Å². The molecule has 0 aliphatic carbocycles. The first-order valence-corrected chi connectivity index (χ1v) is 8.42. The van der Waals surface area contributed by atoms with Crippen LogP contribution in [0.5, 0.6) is 0 Å². The molecule has 0 unspecified atom stereocenters. The number of hydrogen-bond acceptors (Lipinski definition) is 7. The van der Waals surface area contributed by atoms with Gasteiger partial charge in [-0.3, -0.25) is 9.78 Å². The number of hydrogen-bond donors (Lipinski definition) is 2. The molecule has 3 heterocycles. The van der Waals surface area contributed by atoms with E-state index in [1.807, 2.05) is 6.92 Å². The molecule has 0 bridgehead atoms. The summed E-state index contributed by atoms with van der Waals surface area (Å²) in [6.07, 6.45) is 2.23. The topological polar surface area (TPSA) is 106 Å². The molecule has 0 saturated heterocycles. The fourth-order valence-electron chi connectivity index (χ4n) is 2.96. The van der Waals surface area contributed by atoms with Crippen molar-refractivity contribution in [1.29, 1.82) is 0 Å². The van der Waals surface area contributed by atoms with Gasteiger partial charge in [0.15, 0.2) is 10.9 Å². The second-order valence-corrected chi connectivity index (χ2v) is 8.36. The first-order valence-electron chi connectivity index (χ1n) is 7.60. The summed E-state index contributed by atoms with van der Waals surface area (Å²) < 4.78 is 17.1. The lowest BCUT2D eigenvalue weighted by atomic mass is 9.87. The Kier molecular flexibility index (Phi) is 4.28. The zero-order chi connectivity index (χ0) is 18.2. The maximum absolute atomic E-state index is 12.8. The minimum atomic E-state index is -1.06. The fourth-order valence-corrected chi connectivity index (χ4v) is 4.12. The van der Waals surface area contributed by atoms with Gasteiger partial charge in [-0.25, -0.2) is 4.99 Å². The van der Waals surface area contributed by atoms with E-state index in [1.54, 1.807) is 18.3 Å². The van der Waals surface area contributed by atoms with Crippen LogP contribution >= 0.6 is 11.8 Å². The van der Waals surface area contributed by atoms with E-state index in [1.165, 1.54) is 11.8 Å². The second-order valence-electron chi connectivity index (χ2n) is 6.63. The first-order chi connectivity index (χ1) is 11.7. The Morgan fingerprint density at radius 1 is 1.44 bits per heavy atom. The highest BCUT2D eigenvalue weighted by Crippen LogP contribution is 2.44. The van der Waals surface area contributed by atoms with Crippen LogP contribution in [0.25, 0.3) is 0 Å². The van der Waals surface area contributed by atoms with E-state index in [0.717, 1.165) is 12.7 Å². The van der Waals surface area contributed by atoms with Crippen LogP contribution in [0.15, 0.2) is 34.0 Å². The number of carbonyl (C=O) groups is 1. The third kappa shape index (κ3) is 3.81. The van der Waals surface area contributed by atoms with Gasteiger partial charge in [0.2, 0.25) is 0 Å². The number of nitrogens with two attached hydrogens (primary N) is 1. The largest absolute Gasteiger partial charge is 0.423 e. The Hall–Kier alpha value is -2.42. The van der Waals surface area contributed by atoms with Crippen molar-refractivity contribution in [3.05, 3.63) is 42.1 Å². The molecule has 132 valence electrons. The summed E-state index contributed by atoms with van der Waals surface area (Å²) in [5.74, 6) is -0.572. The van der Waals surface area contributed by atoms with Crippen molar-refractivity contribution in [1.82, 2.24) is 9.97 Å². The maximum atomic E-state index is 12.8. The molecule has 1 amide bonds. The molecule has 0 aromatic carbocycles. The molecule has 1 aliphatic heterocycles. The lowest BCUT2D eigenvalue weighted by Gasteiger charge is -2.38. The molecule has 7 nitrogen and oxygen atoms in total. The van der Waals surface area contributed by atoms with Crippen molar-refractivity contribution in [2.75, 3.05) is 5.32 Å². The van der Waals surface area contributed by atoms with Crippen LogP contribution in [0.1, 0.15) is 43.4 Å². The molecular weight excluding hydrogens is 345 g/mol. The van der Waals surface area contributed by atoms with Gasteiger partial charge in [0.25, 0.3) is 5.91 Å². The third-order valence-electron chi connectivity index (χ3n) is 3.79. The van der Waals surface area contributed by atoms with Crippen molar-refractivity contribution >= 4 is 28.5 Å². The van der Waals surface area contributed by atoms with Crippen molar-refractivity contribution in [3.63, 3.8) is 0 Å². The summed E-state index contributed by atoms with van der Waals surface area (Å²) >= 11 is 1.53. The number of nitrogens with one attached hydrogen (secondary N) is 1. The van der Waals surface area contributed by atoms with Gasteiger partial charge >= 0.3 is 6.14 Å². The Morgan fingerprint density at radius 2 is 2.20 bits per heavy atom. The van der Waals surface area contributed by atoms with E-state index in [2.05, 4.69) is 38.5 Å². The minimum absolute atomic E-state index is 0.0836. The van der Waals surface area contributed by atoms with Crippen LogP contribution in [0.4, 0.5) is 10.1 Å². The Labute approximate surface area is 148 Å². The summed E-state index contributed by atoms with van der Waals surface area (Å²) in [6, 6.07) is 3.37. The van der Waals surface area contributed by atoms with Gasteiger partial charge in [-0.05, 0) is 25.5 Å². The monoisotopic (exact) mass is 363 g/mol. The number of amides is 1. The number of amidine groups is 1. The molecule has 2 aromatic heterocycles. The highest BCUT2D eigenvalue weighted by atomic mass is 32.2. The molecule has 2 aromatic rings. The average molecular weight is 363 g/mol. The molecular formula is C16H18FN5O2S. The summed E-state index contributed by atoms with van der Waals surface area (Å²) in [5, 5.41) is 3.15. The number of thioether (sulfide) groups is 1. The van der Waals surface area contributed by atoms with Gasteiger partial charge in [-0.1, -0.05) is 25.6 Å². The Balaban J connectivity index is 1.86. The van der Waals surface area contributed by atoms with Crippen LogP contribution in [0.2, 0.25) is 0 Å². The first kappa shape index (κ1) is 17.4. The zero-order valence-corrected chi connectivity index (χ0v) is 14.9. The normalized spacial score (nSPS) is 22.3. The Morgan fingerprint density at radius 3 is 2.84 bits per heavy atom. The van der Waals surface area contributed by atoms with E-state index in [4.69, 9.17) is 5.73 Å². The van der Waals surface area contributed by atoms with E-state index < -0.39 is 17.6 Å². The van der Waals surface area contributed by atoms with Gasteiger partial charge in [-0.2, -0.15) is 4.98 Å². The number of halogens is 1. The quantitative estimate of drug-likeness (QED) is 0.868. The molecule has 25 heavy (non-hydrogen) atoms. The van der Waals surface area contributed by atoms with Gasteiger partial charge in [0, 0.05) is 16.6 Å². The number of carbonyl (C=O) groups excluding carboxylic acids is 1. The van der Waals surface area contributed by atoms with E-state index >= 15 is 0 Å². The molecule has 1 atom stereocenters. The number of aromatic nitrogens is 2. The second kappa shape index (κ2) is 6.14. The summed E-state index contributed by atoms with van der Waals surface area (Å²) in [6.45, 7) is 6.16. The van der Waals surface area contributed by atoms with E-state index in [0.29, 0.717) is 16.5 Å². The van der Waals surface area contributed by atoms with E-state index in [-0.39, 0.29) is 10.4 Å². The van der Waals surface area contributed by atoms with Crippen molar-refractivity contribution < 1.29 is 13.6 Å². The van der Waals surface area contributed by atoms with Crippen LogP contribution in [0, 0.1) is 6.14 Å². The molecule has 0 spiro atoms. The molecule has 0 fully saturated rings.